The number of Topliss-reactive ketones (excluding diaryl/α,β-unsaturated/α-hetero) is 1. The van der Waals surface area contributed by atoms with Gasteiger partial charge in [0.2, 0.25) is 0 Å². The molecule has 274 valence electrons. The number of carbonyl (C=O) groups excluding carboxylic acids is 1. The van der Waals surface area contributed by atoms with E-state index >= 15 is 0 Å². The van der Waals surface area contributed by atoms with Gasteiger partial charge in [-0.2, -0.15) is 25.3 Å². The van der Waals surface area contributed by atoms with Crippen molar-refractivity contribution < 1.29 is 23.9 Å². The van der Waals surface area contributed by atoms with Crippen LogP contribution in [0.25, 0.3) is 11.2 Å². The van der Waals surface area contributed by atoms with Gasteiger partial charge in [-0.05, 0) is 32.6 Å². The van der Waals surface area contributed by atoms with Gasteiger partial charge in [-0.25, -0.2) is 15.0 Å². The Morgan fingerprint density at radius 2 is 1.52 bits per heavy atom. The van der Waals surface area contributed by atoms with Gasteiger partial charge in [0, 0.05) is 5.92 Å². The van der Waals surface area contributed by atoms with Crippen molar-refractivity contribution in [3.8, 4) is 0 Å². The maximum Gasteiger partial charge on any atom is 0.354 e. The van der Waals surface area contributed by atoms with Crippen molar-refractivity contribution in [3.05, 3.63) is 12.7 Å². The molecular weight excluding hydrogens is 666 g/mol. The van der Waals surface area contributed by atoms with E-state index < -0.39 is 29.5 Å². The second-order valence-corrected chi connectivity index (χ2v) is 17.9. The van der Waals surface area contributed by atoms with Crippen molar-refractivity contribution in [3.63, 3.8) is 0 Å². The quantitative estimate of drug-likeness (QED) is 0.0292. The minimum absolute atomic E-state index is 0.118. The first-order chi connectivity index (χ1) is 22.9. The molecule has 0 radical (unpaired) electrons. The first-order valence-corrected chi connectivity index (χ1v) is 21.1. The van der Waals surface area contributed by atoms with E-state index in [1.807, 2.05) is 0 Å². The number of rotatable bonds is 25. The molecule has 0 bridgehead atoms. The standard InChI is InChI=1S/C35H62N5O5PS2/c1-3-4-5-6-7-8-9-10-11-12-13-14-15-19-22-35(47,48)23-29(31(41)28-20-17-16-18-21-28)34(46(42,43)44)45-27(2)24-40-26-39-30-32(36)37-25-38-33(30)40/h25-29,34,47-48H,3-24H2,1-2H3,(H2,36,37,38)(H2,42,43,44)/t27-,29-,34-/m1/s1. The monoisotopic (exact) mass is 727 g/mol. The van der Waals surface area contributed by atoms with Gasteiger partial charge >= 0.3 is 7.60 Å². The number of aromatic nitrogens is 4. The van der Waals surface area contributed by atoms with Crippen molar-refractivity contribution in [2.45, 2.75) is 171 Å². The van der Waals surface area contributed by atoms with Crippen LogP contribution in [0.15, 0.2) is 12.7 Å². The van der Waals surface area contributed by atoms with Gasteiger partial charge in [0.15, 0.2) is 17.3 Å². The Balaban J connectivity index is 1.55. The van der Waals surface area contributed by atoms with E-state index in [4.69, 9.17) is 35.7 Å². The Labute approximate surface area is 299 Å². The molecule has 1 fully saturated rings. The molecule has 13 heteroatoms. The molecule has 0 saturated heterocycles. The number of thiol groups is 2. The van der Waals surface area contributed by atoms with Gasteiger partial charge in [-0.1, -0.05) is 116 Å². The Bertz CT molecular complexity index is 1270. The average Bonchev–Trinajstić information content (AvgIpc) is 3.46. The predicted octanol–water partition coefficient (Wildman–Crippen LogP) is 8.90. The summed E-state index contributed by atoms with van der Waals surface area (Å²) < 4.78 is 20.0. The smallest absolute Gasteiger partial charge is 0.354 e. The molecule has 4 N–H and O–H groups in total. The van der Waals surface area contributed by atoms with Crippen LogP contribution in [0.2, 0.25) is 0 Å². The van der Waals surface area contributed by atoms with Crippen LogP contribution in [0.1, 0.15) is 149 Å². The number of nitrogen functional groups attached to an aromatic ring is 1. The normalized spacial score (nSPS) is 16.7. The number of hydrogen-bond acceptors (Lipinski definition) is 9. The first-order valence-electron chi connectivity index (χ1n) is 18.5. The van der Waals surface area contributed by atoms with E-state index in [0.29, 0.717) is 17.6 Å². The number of imidazole rings is 1. The van der Waals surface area contributed by atoms with Gasteiger partial charge in [0.1, 0.15) is 17.6 Å². The zero-order valence-corrected chi connectivity index (χ0v) is 32.0. The highest BCUT2D eigenvalue weighted by Crippen LogP contribution is 2.51. The molecule has 2 heterocycles. The zero-order valence-electron chi connectivity index (χ0n) is 29.3. The topological polar surface area (TPSA) is 153 Å². The summed E-state index contributed by atoms with van der Waals surface area (Å²) in [5, 5.41) is 0. The average molecular weight is 728 g/mol. The third-order valence-corrected chi connectivity index (χ3v) is 11.7. The lowest BCUT2D eigenvalue weighted by molar-refractivity contribution is -0.133. The minimum atomic E-state index is -4.87. The number of hydrogen-bond donors (Lipinski definition) is 5. The van der Waals surface area contributed by atoms with Crippen molar-refractivity contribution in [2.75, 3.05) is 5.73 Å². The molecule has 0 unspecified atom stereocenters. The van der Waals surface area contributed by atoms with E-state index in [9.17, 15) is 19.1 Å². The van der Waals surface area contributed by atoms with Gasteiger partial charge < -0.3 is 24.8 Å². The molecule has 2 aromatic rings. The van der Waals surface area contributed by atoms with Gasteiger partial charge in [-0.3, -0.25) is 9.36 Å². The minimum Gasteiger partial charge on any atom is -0.382 e. The van der Waals surface area contributed by atoms with Gasteiger partial charge in [0.05, 0.1) is 29.0 Å². The Hall–Kier alpha value is -1.17. The molecule has 1 saturated carbocycles. The molecule has 1 aliphatic rings. The number of unbranched alkanes of at least 4 members (excludes halogenated alkanes) is 13. The lowest BCUT2D eigenvalue weighted by Gasteiger charge is -2.36. The summed E-state index contributed by atoms with van der Waals surface area (Å²) in [6.07, 6.45) is 25.0. The van der Waals surface area contributed by atoms with Crippen molar-refractivity contribution >= 4 is 55.6 Å². The fourth-order valence-electron chi connectivity index (χ4n) is 7.09. The van der Waals surface area contributed by atoms with Crippen LogP contribution in [-0.4, -0.2) is 51.1 Å². The molecule has 0 aliphatic heterocycles. The SMILES string of the molecule is CCCCCCCCCCCCCCCCC(S)(S)C[C@H](C(=O)C1CCCCC1)[C@H](O[C@H](C)Cn1cnc2c(N)ncnc21)P(=O)(O)O. The van der Waals surface area contributed by atoms with Gasteiger partial charge in [0.25, 0.3) is 0 Å². The van der Waals surface area contributed by atoms with Crippen molar-refractivity contribution in [1.82, 2.24) is 19.5 Å². The van der Waals surface area contributed by atoms with Crippen LogP contribution in [0.4, 0.5) is 5.82 Å². The van der Waals surface area contributed by atoms with Crippen LogP contribution in [0.5, 0.6) is 0 Å². The number of ketones is 1. The maximum absolute atomic E-state index is 14.0. The number of fused-ring (bicyclic) bond motifs is 1. The Morgan fingerprint density at radius 3 is 2.08 bits per heavy atom. The Morgan fingerprint density at radius 1 is 0.958 bits per heavy atom. The second kappa shape index (κ2) is 21.3. The van der Waals surface area contributed by atoms with E-state index in [1.165, 1.54) is 77.0 Å². The molecule has 0 aromatic carbocycles. The number of carbonyl (C=O) groups is 1. The van der Waals surface area contributed by atoms with Crippen LogP contribution in [0.3, 0.4) is 0 Å². The molecule has 0 amide bonds. The third kappa shape index (κ3) is 14.2. The number of nitrogens with zero attached hydrogens (tertiary/aromatic N) is 4. The fraction of sp³-hybridized carbons (Fsp3) is 0.829. The molecule has 48 heavy (non-hydrogen) atoms. The van der Waals surface area contributed by atoms with E-state index in [1.54, 1.807) is 17.8 Å². The molecule has 2 aromatic heterocycles. The molecule has 10 nitrogen and oxygen atoms in total. The van der Waals surface area contributed by atoms with Crippen LogP contribution in [-0.2, 0) is 20.6 Å². The summed E-state index contributed by atoms with van der Waals surface area (Å²) in [6, 6.07) is 0. The summed E-state index contributed by atoms with van der Waals surface area (Å²) >= 11 is 9.74. The summed E-state index contributed by atoms with van der Waals surface area (Å²) in [5.41, 5.74) is 6.87. The predicted molar refractivity (Wildman–Crippen MR) is 201 cm³/mol. The molecule has 1 aliphatic carbocycles. The summed E-state index contributed by atoms with van der Waals surface area (Å²) in [4.78, 5) is 47.8. The third-order valence-electron chi connectivity index (χ3n) is 9.78. The fourth-order valence-corrected chi connectivity index (χ4v) is 8.88. The lowest BCUT2D eigenvalue weighted by atomic mass is 9.80. The number of ether oxygens (including phenoxy) is 1. The maximum atomic E-state index is 14.0. The second-order valence-electron chi connectivity index (χ2n) is 14.1. The van der Waals surface area contributed by atoms with Crippen LogP contribution < -0.4 is 5.73 Å². The zero-order chi connectivity index (χ0) is 35.0. The van der Waals surface area contributed by atoms with Crippen molar-refractivity contribution in [1.29, 1.82) is 0 Å². The number of anilines is 1. The van der Waals surface area contributed by atoms with E-state index in [0.717, 1.165) is 51.4 Å². The summed E-state index contributed by atoms with van der Waals surface area (Å²) in [5.74, 6) is -2.78. The van der Waals surface area contributed by atoms with E-state index in [2.05, 4.69) is 21.9 Å². The lowest BCUT2D eigenvalue weighted by Crippen LogP contribution is -2.40. The van der Waals surface area contributed by atoms with Crippen LogP contribution in [0, 0.1) is 11.8 Å². The van der Waals surface area contributed by atoms with E-state index in [-0.39, 0.29) is 30.5 Å². The number of nitrogens with two attached hydrogens (primary N) is 1. The molecular formula is C35H62N5O5PS2. The molecule has 0 spiro atoms. The largest absolute Gasteiger partial charge is 0.382 e. The molecule has 3 rings (SSSR count). The summed E-state index contributed by atoms with van der Waals surface area (Å²) in [6.45, 7) is 4.19. The summed E-state index contributed by atoms with van der Waals surface area (Å²) in [7, 11) is -4.87. The van der Waals surface area contributed by atoms with Crippen LogP contribution >= 0.6 is 32.9 Å². The first kappa shape index (κ1) is 41.3. The highest BCUT2D eigenvalue weighted by Gasteiger charge is 2.46. The Kier molecular flexibility index (Phi) is 18.3. The highest BCUT2D eigenvalue weighted by molar-refractivity contribution is 8.00. The molecule has 3 atom stereocenters. The van der Waals surface area contributed by atoms with Gasteiger partial charge in [-0.15, -0.1) is 0 Å². The highest BCUT2D eigenvalue weighted by atomic mass is 32.2. The van der Waals surface area contributed by atoms with Crippen molar-refractivity contribution in [2.24, 2.45) is 11.8 Å².